The van der Waals surface area contributed by atoms with Crippen LogP contribution < -0.4 is 20.5 Å². The first-order chi connectivity index (χ1) is 17.5. The molecular formula is C20H15Cl7N8O2. The average molecular weight is 648 g/mol. The third kappa shape index (κ3) is 10.9. The van der Waals surface area contributed by atoms with Crippen molar-refractivity contribution in [3.8, 4) is 11.5 Å². The average Bonchev–Trinajstić information content (AvgIpc) is 2.78. The van der Waals surface area contributed by atoms with Gasteiger partial charge in [-0.15, -0.1) is 0 Å². The molecule has 0 radical (unpaired) electrons. The van der Waals surface area contributed by atoms with Gasteiger partial charge in [-0.2, -0.15) is 29.9 Å². The van der Waals surface area contributed by atoms with Gasteiger partial charge in [0.25, 0.3) is 0 Å². The number of ether oxygens (including phenoxy) is 2. The predicted octanol–water partition coefficient (Wildman–Crippen LogP) is 7.35. The number of hydrogen-bond donors (Lipinski definition) is 2. The molecule has 0 amide bonds. The number of nitrogens with zero attached hydrogens (tertiary/aromatic N) is 6. The number of halogens is 7. The van der Waals surface area contributed by atoms with Crippen LogP contribution in [0.1, 0.15) is 0 Å². The van der Waals surface area contributed by atoms with E-state index in [0.717, 1.165) is 0 Å². The van der Waals surface area contributed by atoms with Crippen LogP contribution in [-0.4, -0.2) is 44.1 Å². The lowest BCUT2D eigenvalue weighted by molar-refractivity contribution is 0.415. The van der Waals surface area contributed by atoms with E-state index in [9.17, 15) is 0 Å². The summed E-state index contributed by atoms with van der Waals surface area (Å²) in [7, 11) is 3.11. The summed E-state index contributed by atoms with van der Waals surface area (Å²) in [6, 6.07) is 10.3. The molecule has 2 aromatic carbocycles. The molecule has 0 spiro atoms. The Hall–Kier alpha value is -2.31. The van der Waals surface area contributed by atoms with Crippen LogP contribution in [0.25, 0.3) is 0 Å². The molecular weight excluding hydrogens is 632 g/mol. The summed E-state index contributed by atoms with van der Waals surface area (Å²) in [6.07, 6.45) is 0. The molecule has 4 rings (SSSR count). The molecule has 2 heterocycles. The van der Waals surface area contributed by atoms with Gasteiger partial charge in [-0.05, 0) is 94.4 Å². The highest BCUT2D eigenvalue weighted by molar-refractivity contribution is 6.34. The molecule has 10 nitrogen and oxygen atoms in total. The van der Waals surface area contributed by atoms with Gasteiger partial charge in [0, 0.05) is 11.4 Å². The monoisotopic (exact) mass is 644 g/mol. The van der Waals surface area contributed by atoms with E-state index in [4.69, 9.17) is 96.4 Å². The van der Waals surface area contributed by atoms with Gasteiger partial charge in [0.1, 0.15) is 11.5 Å². The molecule has 196 valence electrons. The Labute approximate surface area is 246 Å². The Balaban J connectivity index is 0.000000214. The summed E-state index contributed by atoms with van der Waals surface area (Å²) in [5.74, 6) is 1.46. The summed E-state index contributed by atoms with van der Waals surface area (Å²) in [4.78, 5) is 21.8. The quantitative estimate of drug-likeness (QED) is 0.217. The van der Waals surface area contributed by atoms with Crippen molar-refractivity contribution in [2.24, 2.45) is 0 Å². The predicted molar refractivity (Wildman–Crippen MR) is 148 cm³/mol. The van der Waals surface area contributed by atoms with Crippen molar-refractivity contribution in [2.45, 2.75) is 0 Å². The normalized spacial score (nSPS) is 9.86. The first-order valence-electron chi connectivity index (χ1n) is 9.50. The van der Waals surface area contributed by atoms with Gasteiger partial charge in [-0.3, -0.25) is 0 Å². The second kappa shape index (κ2) is 15.2. The number of nitrogen functional groups attached to an aromatic ring is 1. The minimum Gasteiger partial charge on any atom is -0.495 e. The van der Waals surface area contributed by atoms with Gasteiger partial charge in [0.05, 0.1) is 24.3 Å². The zero-order valence-corrected chi connectivity index (χ0v) is 24.0. The van der Waals surface area contributed by atoms with E-state index >= 15 is 0 Å². The van der Waals surface area contributed by atoms with Gasteiger partial charge in [0.2, 0.25) is 32.4 Å². The van der Waals surface area contributed by atoms with Gasteiger partial charge >= 0.3 is 0 Å². The molecule has 0 aliphatic rings. The minimum atomic E-state index is 0.000000000000000444. The fourth-order valence-electron chi connectivity index (χ4n) is 2.24. The van der Waals surface area contributed by atoms with Gasteiger partial charge in [0.15, 0.2) is 0 Å². The summed E-state index contributed by atoms with van der Waals surface area (Å²) in [5, 5.41) is 3.94. The van der Waals surface area contributed by atoms with Crippen molar-refractivity contribution < 1.29 is 9.47 Å². The summed E-state index contributed by atoms with van der Waals surface area (Å²) in [6.45, 7) is 0. The van der Waals surface area contributed by atoms with Crippen LogP contribution >= 0.6 is 81.2 Å². The van der Waals surface area contributed by atoms with E-state index < -0.39 is 0 Å². The number of nitrogens with one attached hydrogen (secondary N) is 1. The maximum absolute atomic E-state index is 5.99. The molecule has 0 unspecified atom stereocenters. The summed E-state index contributed by atoms with van der Waals surface area (Å²) >= 11 is 39.0. The highest BCUT2D eigenvalue weighted by atomic mass is 35.5. The van der Waals surface area contributed by atoms with Gasteiger partial charge in [-0.1, -0.05) is 23.2 Å². The number of rotatable bonds is 4. The van der Waals surface area contributed by atoms with Crippen LogP contribution in [0.5, 0.6) is 11.5 Å². The van der Waals surface area contributed by atoms with E-state index in [1.54, 1.807) is 50.6 Å². The zero-order valence-electron chi connectivity index (χ0n) is 18.7. The fourth-order valence-corrected chi connectivity index (χ4v) is 3.74. The first kappa shape index (κ1) is 30.9. The Morgan fingerprint density at radius 3 is 1.41 bits per heavy atom. The topological polar surface area (TPSA) is 134 Å². The molecule has 2 aromatic heterocycles. The lowest BCUT2D eigenvalue weighted by Crippen LogP contribution is -1.99. The molecule has 0 bridgehead atoms. The van der Waals surface area contributed by atoms with E-state index in [0.29, 0.717) is 32.9 Å². The van der Waals surface area contributed by atoms with Crippen molar-refractivity contribution in [2.75, 3.05) is 25.3 Å². The highest BCUT2D eigenvalue weighted by Crippen LogP contribution is 2.28. The summed E-state index contributed by atoms with van der Waals surface area (Å²) < 4.78 is 9.96. The summed E-state index contributed by atoms with van der Waals surface area (Å²) in [5.41, 5.74) is 6.77. The van der Waals surface area contributed by atoms with Gasteiger partial charge < -0.3 is 20.5 Å². The smallest absolute Gasteiger partial charge is 0.232 e. The van der Waals surface area contributed by atoms with Crippen molar-refractivity contribution in [3.63, 3.8) is 0 Å². The lowest BCUT2D eigenvalue weighted by atomic mass is 10.3. The number of anilines is 3. The van der Waals surface area contributed by atoms with Crippen molar-refractivity contribution in [3.05, 3.63) is 72.9 Å². The van der Waals surface area contributed by atoms with Crippen molar-refractivity contribution >= 4 is 98.5 Å². The van der Waals surface area contributed by atoms with Crippen LogP contribution in [0.4, 0.5) is 17.3 Å². The Kier molecular flexibility index (Phi) is 12.7. The Bertz CT molecular complexity index is 1280. The largest absolute Gasteiger partial charge is 0.495 e. The number of benzene rings is 2. The standard InChI is InChI=1S/C10H7Cl3N4O.C7H8ClNO.C3Cl3N3/c1-18-7-3-2-5(4-6(7)11)14-10-16-8(12)15-9(13)17-10;1-10-7-3-2-5(9)4-6(7)8;4-1-7-2(5)9-3(6)8-1/h2-4H,1H3,(H,14,15,16,17);2-4H,9H2,1H3;. The second-order valence-corrected chi connectivity index (χ2v) is 8.71. The number of aromatic nitrogens is 6. The number of hydrogen-bond acceptors (Lipinski definition) is 10. The van der Waals surface area contributed by atoms with Gasteiger partial charge in [-0.25, -0.2) is 0 Å². The molecule has 37 heavy (non-hydrogen) atoms. The maximum atomic E-state index is 5.99. The molecule has 4 aromatic rings. The molecule has 0 aliphatic carbocycles. The van der Waals surface area contributed by atoms with Crippen LogP contribution in [0, 0.1) is 0 Å². The Morgan fingerprint density at radius 2 is 1.00 bits per heavy atom. The third-order valence-corrected chi connectivity index (χ3v) is 5.15. The number of methoxy groups -OCH3 is 2. The molecule has 0 aliphatic heterocycles. The molecule has 3 N–H and O–H groups in total. The highest BCUT2D eigenvalue weighted by Gasteiger charge is 2.06. The third-order valence-electron chi connectivity index (χ3n) is 3.72. The molecule has 0 atom stereocenters. The molecule has 17 heteroatoms. The second-order valence-electron chi connectivity index (χ2n) is 6.21. The maximum Gasteiger partial charge on any atom is 0.232 e. The lowest BCUT2D eigenvalue weighted by Gasteiger charge is -2.07. The van der Waals surface area contributed by atoms with Crippen LogP contribution in [0.3, 0.4) is 0 Å². The molecule has 0 fully saturated rings. The minimum absolute atomic E-state index is 0.000000000000000444. The Morgan fingerprint density at radius 1 is 0.595 bits per heavy atom. The molecule has 0 saturated heterocycles. The van der Waals surface area contributed by atoms with Crippen molar-refractivity contribution in [1.29, 1.82) is 0 Å². The SMILES string of the molecule is COc1ccc(N)cc1Cl.COc1ccc(Nc2nc(Cl)nc(Cl)n2)cc1Cl.Clc1nc(Cl)nc(Cl)n1. The van der Waals surface area contributed by atoms with Crippen LogP contribution in [0.2, 0.25) is 36.5 Å². The van der Waals surface area contributed by atoms with E-state index in [2.05, 4.69) is 35.2 Å². The number of nitrogens with two attached hydrogens (primary N) is 1. The van der Waals surface area contributed by atoms with Crippen molar-refractivity contribution in [1.82, 2.24) is 29.9 Å². The van der Waals surface area contributed by atoms with E-state index in [1.165, 1.54) is 0 Å². The fraction of sp³-hybridized carbons (Fsp3) is 0.100. The zero-order chi connectivity index (χ0) is 27.5. The molecule has 0 saturated carbocycles. The van der Waals surface area contributed by atoms with Crippen LogP contribution in [-0.2, 0) is 0 Å². The van der Waals surface area contributed by atoms with Crippen LogP contribution in [0.15, 0.2) is 36.4 Å². The van der Waals surface area contributed by atoms with E-state index in [-0.39, 0.29) is 32.4 Å². The first-order valence-corrected chi connectivity index (χ1v) is 12.1. The van der Waals surface area contributed by atoms with E-state index in [1.807, 2.05) is 0 Å².